The van der Waals surface area contributed by atoms with E-state index in [1.165, 1.54) is 26.7 Å². The van der Waals surface area contributed by atoms with Crippen LogP contribution < -0.4 is 20.3 Å². The maximum absolute atomic E-state index is 11.9. The fourth-order valence-corrected chi connectivity index (χ4v) is 1.62. The molecule has 1 heterocycles. The number of aromatic amines is 1. The Hall–Kier alpha value is -2.83. The number of carbonyl (C=O) groups is 1. The first-order chi connectivity index (χ1) is 9.65. The summed E-state index contributed by atoms with van der Waals surface area (Å²) in [6, 6.07) is 4.90. The zero-order valence-corrected chi connectivity index (χ0v) is 11.0. The number of anilines is 1. The largest absolute Gasteiger partial charge is 0.493 e. The molecule has 0 atom stereocenters. The first kappa shape index (κ1) is 13.6. The third-order valence-corrected chi connectivity index (χ3v) is 2.60. The van der Waals surface area contributed by atoms with Gasteiger partial charge in [0.15, 0.2) is 11.5 Å². The fraction of sp³-hybridized carbons (Fsp3) is 0.154. The number of hydrogen-bond acceptors (Lipinski definition) is 5. The molecule has 104 valence electrons. The van der Waals surface area contributed by atoms with Gasteiger partial charge in [-0.15, -0.1) is 0 Å². The van der Waals surface area contributed by atoms with Crippen molar-refractivity contribution >= 4 is 11.6 Å². The molecule has 1 aromatic heterocycles. The second-order valence-corrected chi connectivity index (χ2v) is 3.82. The minimum Gasteiger partial charge on any atom is -0.493 e. The number of H-pyrrole nitrogens is 1. The Kier molecular flexibility index (Phi) is 3.99. The van der Waals surface area contributed by atoms with Crippen molar-refractivity contribution in [3.63, 3.8) is 0 Å². The van der Waals surface area contributed by atoms with Gasteiger partial charge < -0.3 is 19.8 Å². The summed E-state index contributed by atoms with van der Waals surface area (Å²) in [5.41, 5.74) is -0.0869. The van der Waals surface area contributed by atoms with Crippen molar-refractivity contribution in [3.8, 4) is 11.5 Å². The number of aromatic nitrogens is 2. The molecule has 20 heavy (non-hydrogen) atoms. The summed E-state index contributed by atoms with van der Waals surface area (Å²) in [6.07, 6.45) is 2.42. The van der Waals surface area contributed by atoms with Crippen molar-refractivity contribution in [3.05, 3.63) is 46.6 Å². The fourth-order valence-electron chi connectivity index (χ4n) is 1.62. The molecule has 0 aliphatic rings. The Bertz CT molecular complexity index is 681. The standard InChI is InChI=1S/C13H13N3O4/c1-19-10-4-3-8(5-11(10)20-2)16-13(18)9-6-14-7-15-12(9)17/h3-7H,1-2H3,(H,16,18)(H,14,15,17). The number of benzene rings is 1. The lowest BCUT2D eigenvalue weighted by atomic mass is 10.2. The molecule has 2 N–H and O–H groups in total. The topological polar surface area (TPSA) is 93.3 Å². The van der Waals surface area contributed by atoms with Gasteiger partial charge in [-0.25, -0.2) is 4.98 Å². The molecule has 7 heteroatoms. The molecule has 0 aliphatic carbocycles. The van der Waals surface area contributed by atoms with E-state index in [2.05, 4.69) is 15.3 Å². The van der Waals surface area contributed by atoms with E-state index in [9.17, 15) is 9.59 Å². The predicted molar refractivity (Wildman–Crippen MR) is 72.4 cm³/mol. The van der Waals surface area contributed by atoms with Crippen molar-refractivity contribution in [2.45, 2.75) is 0 Å². The number of rotatable bonds is 4. The van der Waals surface area contributed by atoms with E-state index >= 15 is 0 Å². The minimum absolute atomic E-state index is 0.0673. The first-order valence-corrected chi connectivity index (χ1v) is 5.71. The Morgan fingerprint density at radius 3 is 2.65 bits per heavy atom. The van der Waals surface area contributed by atoms with Crippen molar-refractivity contribution in [2.24, 2.45) is 0 Å². The summed E-state index contributed by atoms with van der Waals surface area (Å²) in [7, 11) is 3.01. The minimum atomic E-state index is -0.549. The second-order valence-electron chi connectivity index (χ2n) is 3.82. The highest BCUT2D eigenvalue weighted by Crippen LogP contribution is 2.29. The highest BCUT2D eigenvalue weighted by molar-refractivity contribution is 6.03. The molecule has 1 aromatic carbocycles. The molecule has 0 fully saturated rings. The van der Waals surface area contributed by atoms with E-state index in [1.807, 2.05) is 0 Å². The van der Waals surface area contributed by atoms with E-state index in [4.69, 9.17) is 9.47 Å². The third-order valence-electron chi connectivity index (χ3n) is 2.60. The van der Waals surface area contributed by atoms with Crippen LogP contribution in [-0.4, -0.2) is 30.1 Å². The van der Waals surface area contributed by atoms with Crippen LogP contribution in [0.3, 0.4) is 0 Å². The van der Waals surface area contributed by atoms with Crippen LogP contribution in [-0.2, 0) is 0 Å². The molecule has 1 amide bonds. The zero-order valence-electron chi connectivity index (χ0n) is 11.0. The summed E-state index contributed by atoms with van der Waals surface area (Å²) in [5.74, 6) is 0.474. The molecular weight excluding hydrogens is 262 g/mol. The Labute approximate surface area is 114 Å². The lowest BCUT2D eigenvalue weighted by Crippen LogP contribution is -2.23. The van der Waals surface area contributed by atoms with Crippen LogP contribution in [0.5, 0.6) is 11.5 Å². The number of amides is 1. The van der Waals surface area contributed by atoms with Crippen molar-refractivity contribution in [1.82, 2.24) is 9.97 Å². The monoisotopic (exact) mass is 275 g/mol. The molecule has 0 unspecified atom stereocenters. The van der Waals surface area contributed by atoms with E-state index < -0.39 is 11.5 Å². The van der Waals surface area contributed by atoms with Crippen LogP contribution in [0.15, 0.2) is 35.5 Å². The molecule has 2 rings (SSSR count). The number of methoxy groups -OCH3 is 2. The van der Waals surface area contributed by atoms with Gasteiger partial charge in [-0.2, -0.15) is 0 Å². The summed E-state index contributed by atoms with van der Waals surface area (Å²) >= 11 is 0. The molecule has 0 radical (unpaired) electrons. The summed E-state index contributed by atoms with van der Waals surface area (Å²) < 4.78 is 10.2. The zero-order chi connectivity index (χ0) is 14.5. The number of ether oxygens (including phenoxy) is 2. The number of nitrogens with one attached hydrogen (secondary N) is 2. The van der Waals surface area contributed by atoms with E-state index in [-0.39, 0.29) is 5.56 Å². The van der Waals surface area contributed by atoms with Gasteiger partial charge >= 0.3 is 0 Å². The molecular formula is C13H13N3O4. The lowest BCUT2D eigenvalue weighted by molar-refractivity contribution is 0.102. The van der Waals surface area contributed by atoms with E-state index in [0.717, 1.165) is 0 Å². The van der Waals surface area contributed by atoms with Gasteiger partial charge in [0.1, 0.15) is 5.56 Å². The average Bonchev–Trinajstić information content (AvgIpc) is 2.47. The van der Waals surface area contributed by atoms with Gasteiger partial charge in [0.2, 0.25) is 0 Å². The Morgan fingerprint density at radius 1 is 1.25 bits per heavy atom. The van der Waals surface area contributed by atoms with Gasteiger partial charge in [-0.1, -0.05) is 0 Å². The van der Waals surface area contributed by atoms with Gasteiger partial charge in [0.25, 0.3) is 11.5 Å². The number of nitrogens with zero attached hydrogens (tertiary/aromatic N) is 1. The van der Waals surface area contributed by atoms with Gasteiger partial charge in [0, 0.05) is 18.0 Å². The summed E-state index contributed by atoms with van der Waals surface area (Å²) in [4.78, 5) is 29.5. The SMILES string of the molecule is COc1ccc(NC(=O)c2cnc[nH]c2=O)cc1OC. The van der Waals surface area contributed by atoms with Gasteiger partial charge in [0.05, 0.1) is 20.5 Å². The maximum Gasteiger partial charge on any atom is 0.263 e. The highest BCUT2D eigenvalue weighted by Gasteiger charge is 2.12. The van der Waals surface area contributed by atoms with Crippen molar-refractivity contribution in [2.75, 3.05) is 19.5 Å². The van der Waals surface area contributed by atoms with Crippen LogP contribution in [0, 0.1) is 0 Å². The molecule has 2 aromatic rings. The number of hydrogen-bond donors (Lipinski definition) is 2. The van der Waals surface area contributed by atoms with E-state index in [0.29, 0.717) is 17.2 Å². The van der Waals surface area contributed by atoms with Crippen LogP contribution in [0.4, 0.5) is 5.69 Å². The molecule has 0 spiro atoms. The molecule has 0 aliphatic heterocycles. The summed E-state index contributed by atoms with van der Waals surface area (Å²) in [6.45, 7) is 0. The second kappa shape index (κ2) is 5.87. The van der Waals surface area contributed by atoms with Gasteiger partial charge in [-0.05, 0) is 12.1 Å². The van der Waals surface area contributed by atoms with Crippen LogP contribution in [0.2, 0.25) is 0 Å². The quantitative estimate of drug-likeness (QED) is 0.869. The normalized spacial score (nSPS) is 9.90. The van der Waals surface area contributed by atoms with Gasteiger partial charge in [-0.3, -0.25) is 9.59 Å². The maximum atomic E-state index is 11.9. The molecule has 0 bridgehead atoms. The predicted octanol–water partition coefficient (Wildman–Crippen LogP) is 1.04. The third kappa shape index (κ3) is 2.77. The average molecular weight is 275 g/mol. The number of carbonyl (C=O) groups excluding carboxylic acids is 1. The first-order valence-electron chi connectivity index (χ1n) is 5.71. The van der Waals surface area contributed by atoms with Crippen LogP contribution in [0.1, 0.15) is 10.4 Å². The van der Waals surface area contributed by atoms with Crippen LogP contribution >= 0.6 is 0 Å². The Balaban J connectivity index is 2.24. The summed E-state index contributed by atoms with van der Waals surface area (Å²) in [5, 5.41) is 2.59. The molecule has 0 saturated carbocycles. The molecule has 7 nitrogen and oxygen atoms in total. The van der Waals surface area contributed by atoms with Crippen LogP contribution in [0.25, 0.3) is 0 Å². The van der Waals surface area contributed by atoms with Crippen molar-refractivity contribution in [1.29, 1.82) is 0 Å². The smallest absolute Gasteiger partial charge is 0.263 e. The lowest BCUT2D eigenvalue weighted by Gasteiger charge is -2.10. The van der Waals surface area contributed by atoms with E-state index in [1.54, 1.807) is 18.2 Å². The van der Waals surface area contributed by atoms with Crippen molar-refractivity contribution < 1.29 is 14.3 Å². The highest BCUT2D eigenvalue weighted by atomic mass is 16.5. The Morgan fingerprint density at radius 2 is 2.00 bits per heavy atom. The molecule has 0 saturated heterocycles.